The second-order valence-corrected chi connectivity index (χ2v) is 7.49. The van der Waals surface area contributed by atoms with Crippen LogP contribution >= 0.6 is 15.9 Å². The third-order valence-corrected chi connectivity index (χ3v) is 5.55. The number of ether oxygens (including phenoxy) is 1. The second kappa shape index (κ2) is 6.45. The molecule has 4 rings (SSSR count). The van der Waals surface area contributed by atoms with E-state index in [4.69, 9.17) is 9.84 Å². The van der Waals surface area contributed by atoms with Crippen molar-refractivity contribution in [2.75, 3.05) is 13.1 Å². The minimum absolute atomic E-state index is 0.0530. The van der Waals surface area contributed by atoms with E-state index in [9.17, 15) is 9.90 Å². The zero-order valence-electron chi connectivity index (χ0n) is 13.5. The van der Waals surface area contributed by atoms with Gasteiger partial charge in [0.25, 0.3) is 0 Å². The van der Waals surface area contributed by atoms with E-state index >= 15 is 0 Å². The fraction of sp³-hybridized carbons (Fsp3) is 0.562. The predicted octanol–water partition coefficient (Wildman–Crippen LogP) is 2.10. The molecule has 25 heavy (non-hydrogen) atoms. The molecule has 1 aliphatic heterocycles. The highest BCUT2D eigenvalue weighted by atomic mass is 79.9. The van der Waals surface area contributed by atoms with Crippen LogP contribution in [0.4, 0.5) is 4.79 Å². The lowest BCUT2D eigenvalue weighted by Gasteiger charge is -2.34. The number of amides is 1. The van der Waals surface area contributed by atoms with E-state index in [1.54, 1.807) is 0 Å². The Labute approximate surface area is 152 Å². The maximum Gasteiger partial charge on any atom is 0.407 e. The van der Waals surface area contributed by atoms with E-state index < -0.39 is 18.3 Å². The fourth-order valence-corrected chi connectivity index (χ4v) is 3.65. The van der Waals surface area contributed by atoms with Gasteiger partial charge in [-0.15, -0.1) is 5.10 Å². The number of nitrogens with zero attached hydrogens (tertiary/aromatic N) is 4. The number of rotatable bonds is 4. The highest BCUT2D eigenvalue weighted by Gasteiger charge is 2.32. The van der Waals surface area contributed by atoms with Crippen molar-refractivity contribution in [2.24, 2.45) is 5.92 Å². The predicted molar refractivity (Wildman–Crippen MR) is 92.6 cm³/mol. The van der Waals surface area contributed by atoms with Crippen molar-refractivity contribution in [3.8, 4) is 5.75 Å². The van der Waals surface area contributed by atoms with Crippen LogP contribution in [0.1, 0.15) is 19.3 Å². The van der Waals surface area contributed by atoms with Crippen LogP contribution in [-0.4, -0.2) is 61.5 Å². The number of halogens is 1. The lowest BCUT2D eigenvalue weighted by molar-refractivity contribution is -0.0202. The monoisotopic (exact) mass is 410 g/mol. The largest absolute Gasteiger partial charge is 0.486 e. The number of likely N-dealkylation sites (tertiary alicyclic amines) is 1. The van der Waals surface area contributed by atoms with Gasteiger partial charge in [0.15, 0.2) is 0 Å². The summed E-state index contributed by atoms with van der Waals surface area (Å²) in [4.78, 5) is 12.2. The minimum Gasteiger partial charge on any atom is -0.486 e. The summed E-state index contributed by atoms with van der Waals surface area (Å²) in [5.74, 6) is 1.29. The van der Waals surface area contributed by atoms with E-state index in [2.05, 4.69) is 26.2 Å². The first-order valence-corrected chi connectivity index (χ1v) is 9.16. The molecule has 2 aliphatic rings. The second-order valence-electron chi connectivity index (χ2n) is 6.70. The highest BCUT2D eigenvalue weighted by Crippen LogP contribution is 2.35. The van der Waals surface area contributed by atoms with Crippen molar-refractivity contribution < 1.29 is 19.7 Å². The van der Waals surface area contributed by atoms with E-state index in [1.165, 1.54) is 17.7 Å². The average molecular weight is 411 g/mol. The van der Waals surface area contributed by atoms with Gasteiger partial charge < -0.3 is 19.8 Å². The molecule has 1 aromatic heterocycles. The Morgan fingerprint density at radius 2 is 2.16 bits per heavy atom. The Morgan fingerprint density at radius 3 is 2.84 bits per heavy atom. The first-order valence-electron chi connectivity index (χ1n) is 8.37. The Kier molecular flexibility index (Phi) is 4.28. The Bertz CT molecular complexity index is 807. The molecule has 1 saturated heterocycles. The Balaban J connectivity index is 1.51. The lowest BCUT2D eigenvalue weighted by Crippen LogP contribution is -2.50. The molecule has 1 saturated carbocycles. The molecule has 1 amide bonds. The van der Waals surface area contributed by atoms with Gasteiger partial charge in [-0.25, -0.2) is 9.48 Å². The van der Waals surface area contributed by atoms with Crippen LogP contribution < -0.4 is 4.74 Å². The molecule has 0 bridgehead atoms. The molecular formula is C16H19BrN4O4. The molecule has 9 heteroatoms. The Hall–Kier alpha value is -1.87. The maximum atomic E-state index is 11.0. The summed E-state index contributed by atoms with van der Waals surface area (Å²) in [6, 6.07) is 3.77. The van der Waals surface area contributed by atoms with E-state index in [0.29, 0.717) is 29.1 Å². The van der Waals surface area contributed by atoms with Crippen LogP contribution in [0.25, 0.3) is 11.0 Å². The standard InChI is InChI=1S/C16H19BrN4O4/c17-14-13(25-12-5-6-20(16(23)24)8-11(12)22)4-3-10-15(14)18-19-21(10)7-9-1-2-9/h3-4,9,11-12,22H,1-2,5-8H2,(H,23,24)/t11-,12-/m1/s1. The number of fused-ring (bicyclic) bond motifs is 1. The fourth-order valence-electron chi connectivity index (χ4n) is 3.14. The number of aliphatic hydroxyl groups is 1. The van der Waals surface area contributed by atoms with Crippen LogP contribution in [0.3, 0.4) is 0 Å². The molecule has 134 valence electrons. The average Bonchev–Trinajstić information content (AvgIpc) is 3.30. The van der Waals surface area contributed by atoms with Crippen molar-refractivity contribution in [3.63, 3.8) is 0 Å². The van der Waals surface area contributed by atoms with Gasteiger partial charge in [-0.3, -0.25) is 0 Å². The zero-order valence-corrected chi connectivity index (χ0v) is 15.1. The molecule has 2 N–H and O–H groups in total. The topological polar surface area (TPSA) is 101 Å². The molecule has 2 atom stereocenters. The molecule has 0 spiro atoms. The summed E-state index contributed by atoms with van der Waals surface area (Å²) >= 11 is 3.53. The number of hydrogen-bond donors (Lipinski definition) is 2. The van der Waals surface area contributed by atoms with Gasteiger partial charge in [0.2, 0.25) is 0 Å². The molecular weight excluding hydrogens is 392 g/mol. The van der Waals surface area contributed by atoms with Crippen molar-refractivity contribution in [1.29, 1.82) is 0 Å². The third-order valence-electron chi connectivity index (χ3n) is 4.79. The number of piperidine rings is 1. The van der Waals surface area contributed by atoms with Crippen molar-refractivity contribution >= 4 is 33.1 Å². The van der Waals surface area contributed by atoms with Gasteiger partial charge in [-0.1, -0.05) is 5.21 Å². The first-order chi connectivity index (χ1) is 12.0. The smallest absolute Gasteiger partial charge is 0.407 e. The van der Waals surface area contributed by atoms with Gasteiger partial charge in [0, 0.05) is 19.5 Å². The lowest BCUT2D eigenvalue weighted by atomic mass is 10.1. The van der Waals surface area contributed by atoms with Gasteiger partial charge >= 0.3 is 6.09 Å². The summed E-state index contributed by atoms with van der Waals surface area (Å²) in [6.45, 7) is 1.28. The molecule has 0 unspecified atom stereocenters. The maximum absolute atomic E-state index is 11.0. The SMILES string of the molecule is O=C(O)N1CC[C@@H](Oc2ccc3c(nnn3CC3CC3)c2Br)[C@H](O)C1. The van der Waals surface area contributed by atoms with Crippen LogP contribution in [0.2, 0.25) is 0 Å². The zero-order chi connectivity index (χ0) is 17.6. The summed E-state index contributed by atoms with van der Waals surface area (Å²) in [6.07, 6.45) is 0.593. The Morgan fingerprint density at radius 1 is 1.36 bits per heavy atom. The normalized spacial score (nSPS) is 23.8. The van der Waals surface area contributed by atoms with Crippen molar-refractivity contribution in [2.45, 2.75) is 38.0 Å². The number of aliphatic hydroxyl groups excluding tert-OH is 1. The van der Waals surface area contributed by atoms with Crippen LogP contribution in [0.15, 0.2) is 16.6 Å². The van der Waals surface area contributed by atoms with Crippen LogP contribution in [0.5, 0.6) is 5.75 Å². The summed E-state index contributed by atoms with van der Waals surface area (Å²) < 4.78 is 8.57. The molecule has 2 aromatic rings. The van der Waals surface area contributed by atoms with Crippen molar-refractivity contribution in [1.82, 2.24) is 19.9 Å². The number of hydrogen-bond acceptors (Lipinski definition) is 5. The van der Waals surface area contributed by atoms with Gasteiger partial charge in [-0.2, -0.15) is 0 Å². The summed E-state index contributed by atoms with van der Waals surface area (Å²) in [5.41, 5.74) is 1.68. The number of carbonyl (C=O) groups is 1. The van der Waals surface area contributed by atoms with E-state index in [1.807, 2.05) is 16.8 Å². The van der Waals surface area contributed by atoms with Gasteiger partial charge in [0.1, 0.15) is 23.5 Å². The molecule has 2 heterocycles. The van der Waals surface area contributed by atoms with Crippen molar-refractivity contribution in [3.05, 3.63) is 16.6 Å². The number of carboxylic acid groups (broad SMARTS) is 1. The number of benzene rings is 1. The van der Waals surface area contributed by atoms with E-state index in [0.717, 1.165) is 17.6 Å². The van der Waals surface area contributed by atoms with E-state index in [-0.39, 0.29) is 6.54 Å². The third kappa shape index (κ3) is 3.30. The minimum atomic E-state index is -1.02. The van der Waals surface area contributed by atoms with Crippen LogP contribution in [0, 0.1) is 5.92 Å². The summed E-state index contributed by atoms with van der Waals surface area (Å²) in [5, 5.41) is 27.7. The summed E-state index contributed by atoms with van der Waals surface area (Å²) in [7, 11) is 0. The highest BCUT2D eigenvalue weighted by molar-refractivity contribution is 9.10. The van der Waals surface area contributed by atoms with Gasteiger partial charge in [0.05, 0.1) is 16.5 Å². The van der Waals surface area contributed by atoms with Gasteiger partial charge in [-0.05, 0) is 46.8 Å². The molecule has 8 nitrogen and oxygen atoms in total. The number of β-amino-alcohol motifs (C(OH)–C–C–N with tert-alkyl or cyclic N) is 1. The quantitative estimate of drug-likeness (QED) is 0.799. The molecule has 1 aromatic carbocycles. The molecule has 2 fully saturated rings. The number of aromatic nitrogens is 3. The molecule has 1 aliphatic carbocycles. The molecule has 0 radical (unpaired) electrons. The van der Waals surface area contributed by atoms with Crippen LogP contribution in [-0.2, 0) is 6.54 Å². The first kappa shape index (κ1) is 16.6.